The lowest BCUT2D eigenvalue weighted by molar-refractivity contribution is -0.119. The van der Waals surface area contributed by atoms with Crippen LogP contribution >= 0.6 is 11.8 Å². The number of nitrogens with one attached hydrogen (secondary N) is 5. The number of aromatic amines is 1. The lowest BCUT2D eigenvalue weighted by atomic mass is 10.1. The number of benzene rings is 1. The number of methoxy groups -OCH3 is 1. The molecule has 202 valence electrons. The summed E-state index contributed by atoms with van der Waals surface area (Å²) < 4.78 is 5.67. The van der Waals surface area contributed by atoms with Gasteiger partial charge in [0.25, 0.3) is 0 Å². The zero-order valence-electron chi connectivity index (χ0n) is 22.6. The second-order valence-electron chi connectivity index (χ2n) is 9.44. The van der Waals surface area contributed by atoms with E-state index in [1.165, 1.54) is 11.8 Å². The van der Waals surface area contributed by atoms with Crippen LogP contribution in [0.2, 0.25) is 0 Å². The predicted molar refractivity (Wildman–Crippen MR) is 156 cm³/mol. The van der Waals surface area contributed by atoms with Crippen LogP contribution in [0.3, 0.4) is 0 Å². The number of aromatic nitrogens is 3. The number of ether oxygens (including phenoxy) is 1. The summed E-state index contributed by atoms with van der Waals surface area (Å²) in [7, 11) is 7.18. The van der Waals surface area contributed by atoms with Gasteiger partial charge in [-0.2, -0.15) is 4.98 Å². The molecule has 0 spiro atoms. The third-order valence-electron chi connectivity index (χ3n) is 5.84. The van der Waals surface area contributed by atoms with E-state index in [4.69, 9.17) is 15.1 Å². The molecule has 1 aromatic carbocycles. The van der Waals surface area contributed by atoms with Crippen LogP contribution < -0.4 is 25.6 Å². The van der Waals surface area contributed by atoms with Crippen molar-refractivity contribution < 1.29 is 9.53 Å². The molecular formula is C26H35N9O2S. The van der Waals surface area contributed by atoms with Crippen LogP contribution in [0, 0.1) is 5.41 Å². The number of anilines is 4. The molecule has 0 aliphatic carbocycles. The molecule has 0 fully saturated rings. The molecule has 0 unspecified atom stereocenters. The van der Waals surface area contributed by atoms with E-state index in [1.807, 2.05) is 55.9 Å². The minimum Gasteiger partial charge on any atom is -0.495 e. The van der Waals surface area contributed by atoms with Crippen LogP contribution in [0.1, 0.15) is 19.4 Å². The molecule has 0 radical (unpaired) electrons. The van der Waals surface area contributed by atoms with Crippen LogP contribution in [0.4, 0.5) is 23.1 Å². The summed E-state index contributed by atoms with van der Waals surface area (Å²) in [5, 5.41) is 18.8. The first-order valence-electron chi connectivity index (χ1n) is 12.4. The monoisotopic (exact) mass is 537 g/mol. The number of H-pyrrole nitrogens is 1. The normalized spacial score (nSPS) is 13.3. The van der Waals surface area contributed by atoms with E-state index in [2.05, 4.69) is 25.9 Å². The van der Waals surface area contributed by atoms with Crippen molar-refractivity contribution in [2.75, 3.05) is 56.9 Å². The fourth-order valence-corrected chi connectivity index (χ4v) is 4.95. The fraction of sp³-hybridized carbons (Fsp3) is 0.385. The first-order chi connectivity index (χ1) is 18.2. The summed E-state index contributed by atoms with van der Waals surface area (Å²) >= 11 is 1.45. The average Bonchev–Trinajstić information content (AvgIpc) is 3.49. The first kappa shape index (κ1) is 27.3. The van der Waals surface area contributed by atoms with Gasteiger partial charge in [-0.05, 0) is 44.3 Å². The molecule has 3 heterocycles. The number of carbonyl (C=O) groups excluding carboxylic acids is 1. The highest BCUT2D eigenvalue weighted by Crippen LogP contribution is 2.38. The van der Waals surface area contributed by atoms with Crippen molar-refractivity contribution in [2.24, 2.45) is 0 Å². The molecule has 0 saturated carbocycles. The summed E-state index contributed by atoms with van der Waals surface area (Å²) in [6.45, 7) is 5.06. The van der Waals surface area contributed by atoms with E-state index in [9.17, 15) is 4.79 Å². The van der Waals surface area contributed by atoms with Crippen molar-refractivity contribution in [2.45, 2.75) is 25.5 Å². The van der Waals surface area contributed by atoms with Gasteiger partial charge in [0.15, 0.2) is 5.82 Å². The average molecular weight is 538 g/mol. The molecular weight excluding hydrogens is 502 g/mol. The maximum Gasteiger partial charge on any atom is 0.241 e. The number of nitrogens with zero attached hydrogens (tertiary/aromatic N) is 4. The Balaban J connectivity index is 1.68. The molecule has 1 amide bonds. The van der Waals surface area contributed by atoms with Crippen molar-refractivity contribution in [3.8, 4) is 5.75 Å². The van der Waals surface area contributed by atoms with Crippen molar-refractivity contribution in [1.82, 2.24) is 25.2 Å². The molecule has 3 aromatic rings. The molecule has 0 saturated heterocycles. The summed E-state index contributed by atoms with van der Waals surface area (Å²) in [5.74, 6) is 1.57. The fourth-order valence-electron chi connectivity index (χ4n) is 4.24. The quantitative estimate of drug-likeness (QED) is 0.194. The van der Waals surface area contributed by atoms with Crippen molar-refractivity contribution in [3.63, 3.8) is 0 Å². The zero-order chi connectivity index (χ0) is 27.4. The van der Waals surface area contributed by atoms with E-state index >= 15 is 0 Å². The van der Waals surface area contributed by atoms with Crippen molar-refractivity contribution in [3.05, 3.63) is 41.9 Å². The van der Waals surface area contributed by atoms with E-state index in [1.54, 1.807) is 26.6 Å². The SMILES string of the molecule is CN/C=C(/Nc1nc(Nc2cc3c(cc2OC)CCN3C(=O)CN(C)C)nc2cc[nH]c12)C(=N)SC(C)C. The second-order valence-corrected chi connectivity index (χ2v) is 11.0. The number of fused-ring (bicyclic) bond motifs is 2. The highest BCUT2D eigenvalue weighted by Gasteiger charge is 2.27. The van der Waals surface area contributed by atoms with Crippen LogP contribution in [-0.4, -0.2) is 77.4 Å². The molecule has 0 atom stereocenters. The summed E-state index contributed by atoms with van der Waals surface area (Å²) in [6, 6.07) is 5.76. The number of likely N-dealkylation sites (N-methyl/N-ethyl adjacent to an activating group) is 1. The van der Waals surface area contributed by atoms with Gasteiger partial charge in [-0.25, -0.2) is 4.98 Å². The predicted octanol–water partition coefficient (Wildman–Crippen LogP) is 3.75. The molecule has 11 nitrogen and oxygen atoms in total. The van der Waals surface area contributed by atoms with Crippen molar-refractivity contribution in [1.29, 1.82) is 5.41 Å². The Labute approximate surface area is 226 Å². The van der Waals surface area contributed by atoms with E-state index in [0.717, 1.165) is 23.2 Å². The van der Waals surface area contributed by atoms with Gasteiger partial charge in [-0.15, -0.1) is 11.8 Å². The third kappa shape index (κ3) is 6.03. The molecule has 5 N–H and O–H groups in total. The maximum atomic E-state index is 12.8. The van der Waals surface area contributed by atoms with Crippen LogP contribution in [0.15, 0.2) is 36.3 Å². The number of rotatable bonds is 10. The first-order valence-corrected chi connectivity index (χ1v) is 13.3. The topological polar surface area (TPSA) is 134 Å². The van der Waals surface area contributed by atoms with Gasteiger partial charge in [0.05, 0.1) is 30.6 Å². The second kappa shape index (κ2) is 11.7. The minimum absolute atomic E-state index is 0.0481. The molecule has 2 aromatic heterocycles. The van der Waals surface area contributed by atoms with E-state index in [-0.39, 0.29) is 11.2 Å². The van der Waals surface area contributed by atoms with Gasteiger partial charge >= 0.3 is 0 Å². The van der Waals surface area contributed by atoms with Gasteiger partial charge in [0.1, 0.15) is 16.3 Å². The molecule has 1 aliphatic rings. The lowest BCUT2D eigenvalue weighted by Gasteiger charge is -2.21. The van der Waals surface area contributed by atoms with E-state index in [0.29, 0.717) is 52.6 Å². The van der Waals surface area contributed by atoms with Crippen LogP contribution in [-0.2, 0) is 11.2 Å². The number of hydrogen-bond donors (Lipinski definition) is 5. The summed E-state index contributed by atoms with van der Waals surface area (Å²) in [5.41, 5.74) is 4.61. The Morgan fingerprint density at radius 1 is 1.34 bits per heavy atom. The zero-order valence-corrected chi connectivity index (χ0v) is 23.4. The third-order valence-corrected chi connectivity index (χ3v) is 6.77. The molecule has 0 bridgehead atoms. The summed E-state index contributed by atoms with van der Waals surface area (Å²) in [6.07, 6.45) is 4.31. The van der Waals surface area contributed by atoms with Gasteiger partial charge in [0, 0.05) is 36.9 Å². The van der Waals surface area contributed by atoms with Gasteiger partial charge in [-0.3, -0.25) is 10.2 Å². The molecule has 1 aliphatic heterocycles. The number of amides is 1. The minimum atomic E-state index is 0.0481. The largest absolute Gasteiger partial charge is 0.495 e. The Bertz CT molecular complexity index is 1370. The number of hydrogen-bond acceptors (Lipinski definition) is 10. The standard InChI is InChI=1S/C26H35N9O2S/c1-15(2)38-24(27)19(13-28-3)30-25-23-17(7-9-29-23)31-26(33-25)32-18-12-20-16(11-21(18)37-6)8-10-35(20)22(36)14-34(4)5/h7,9,11-13,15,27-29H,8,10,14H2,1-6H3,(H2,30,31,32,33)/b19-13+,27-24?. The highest BCUT2D eigenvalue weighted by atomic mass is 32.2. The van der Waals surface area contributed by atoms with Gasteiger partial charge < -0.3 is 35.5 Å². The Morgan fingerprint density at radius 2 is 2.13 bits per heavy atom. The Morgan fingerprint density at radius 3 is 2.82 bits per heavy atom. The molecule has 4 rings (SSSR count). The van der Waals surface area contributed by atoms with Crippen molar-refractivity contribution >= 4 is 56.9 Å². The lowest BCUT2D eigenvalue weighted by Crippen LogP contribution is -2.36. The smallest absolute Gasteiger partial charge is 0.241 e. The highest BCUT2D eigenvalue weighted by molar-refractivity contribution is 8.14. The maximum absolute atomic E-state index is 12.8. The van der Waals surface area contributed by atoms with E-state index < -0.39 is 0 Å². The van der Waals surface area contributed by atoms with Gasteiger partial charge in [0.2, 0.25) is 11.9 Å². The van der Waals surface area contributed by atoms with Crippen LogP contribution in [0.25, 0.3) is 11.0 Å². The number of carbonyl (C=O) groups is 1. The van der Waals surface area contributed by atoms with Gasteiger partial charge in [-0.1, -0.05) is 13.8 Å². The Kier molecular flexibility index (Phi) is 8.42. The summed E-state index contributed by atoms with van der Waals surface area (Å²) in [4.78, 5) is 29.1. The Hall–Kier alpha value is -3.77. The molecule has 12 heteroatoms. The number of thioether (sulfide) groups is 1. The molecule has 38 heavy (non-hydrogen) atoms. The van der Waals surface area contributed by atoms with Crippen LogP contribution in [0.5, 0.6) is 5.75 Å².